The zero-order valence-electron chi connectivity index (χ0n) is 20.2. The third kappa shape index (κ3) is 4.08. The van der Waals surface area contributed by atoms with E-state index in [0.717, 1.165) is 75.7 Å². The minimum Gasteiger partial charge on any atom is -0.361 e. The third-order valence-electron chi connectivity index (χ3n) is 7.16. The molecule has 1 fully saturated rings. The Bertz CT molecular complexity index is 1580. The summed E-state index contributed by atoms with van der Waals surface area (Å²) in [6.45, 7) is 4.46. The van der Waals surface area contributed by atoms with Crippen molar-refractivity contribution in [2.75, 3.05) is 13.1 Å². The minimum absolute atomic E-state index is 0.170. The molecular weight excluding hydrogens is 469 g/mol. The fraction of sp³-hybridized carbons (Fsp3) is 0.241. The van der Waals surface area contributed by atoms with E-state index in [1.165, 1.54) is 12.1 Å². The summed E-state index contributed by atoms with van der Waals surface area (Å²) in [4.78, 5) is 8.13. The quantitative estimate of drug-likeness (QED) is 0.331. The second-order valence-corrected chi connectivity index (χ2v) is 10.0. The van der Waals surface area contributed by atoms with E-state index in [-0.39, 0.29) is 11.9 Å². The molecule has 2 aromatic carbocycles. The smallest absolute Gasteiger partial charge is 0.138 e. The van der Waals surface area contributed by atoms with Crippen molar-refractivity contribution in [1.29, 1.82) is 0 Å². The van der Waals surface area contributed by atoms with E-state index >= 15 is 0 Å². The topological polar surface area (TPSA) is 51.5 Å². The summed E-state index contributed by atoms with van der Waals surface area (Å²) >= 11 is 5.84. The average molecular weight is 498 g/mol. The number of benzene rings is 2. The number of likely N-dealkylation sites (tertiary alicyclic amines) is 1. The van der Waals surface area contributed by atoms with Crippen molar-refractivity contribution in [3.63, 3.8) is 0 Å². The van der Waals surface area contributed by atoms with E-state index in [1.807, 2.05) is 24.3 Å². The molecule has 1 aliphatic rings. The number of nitrogens with zero attached hydrogens (tertiary/aromatic N) is 4. The van der Waals surface area contributed by atoms with Crippen LogP contribution in [0.1, 0.15) is 29.7 Å². The van der Waals surface area contributed by atoms with Gasteiger partial charge in [0.25, 0.3) is 0 Å². The first kappa shape index (κ1) is 22.9. The van der Waals surface area contributed by atoms with E-state index in [4.69, 9.17) is 22.9 Å². The highest BCUT2D eigenvalue weighted by molar-refractivity contribution is 7.80. The monoisotopic (exact) mass is 497 g/mol. The summed E-state index contributed by atoms with van der Waals surface area (Å²) in [6, 6.07) is 21.5. The Morgan fingerprint density at radius 1 is 1.11 bits per heavy atom. The molecule has 7 heteroatoms. The molecular formula is C29H28FN5S. The summed E-state index contributed by atoms with van der Waals surface area (Å²) in [5.41, 5.74) is 13.2. The molecule has 1 atom stereocenters. The summed E-state index contributed by atoms with van der Waals surface area (Å²) in [5.74, 6) is -0.229. The first-order valence-corrected chi connectivity index (χ1v) is 12.8. The minimum atomic E-state index is -0.229. The van der Waals surface area contributed by atoms with Crippen LogP contribution in [0.3, 0.4) is 0 Å². The van der Waals surface area contributed by atoms with Gasteiger partial charge < -0.3 is 19.6 Å². The molecule has 36 heavy (non-hydrogen) atoms. The number of pyridine rings is 1. The summed E-state index contributed by atoms with van der Waals surface area (Å²) in [6.07, 6.45) is 4.17. The lowest BCUT2D eigenvalue weighted by Crippen LogP contribution is -2.45. The number of aryl methyl sites for hydroxylation is 1. The third-order valence-corrected chi connectivity index (χ3v) is 7.66. The van der Waals surface area contributed by atoms with E-state index in [1.54, 1.807) is 0 Å². The Hall–Kier alpha value is -3.55. The molecule has 1 saturated heterocycles. The fourth-order valence-electron chi connectivity index (χ4n) is 5.27. The molecule has 0 radical (unpaired) electrons. The van der Waals surface area contributed by atoms with Gasteiger partial charge in [0.15, 0.2) is 0 Å². The van der Waals surface area contributed by atoms with Crippen LogP contribution in [0.4, 0.5) is 4.39 Å². The summed E-state index contributed by atoms with van der Waals surface area (Å²) < 4.78 is 17.9. The Kier molecular flexibility index (Phi) is 5.82. The number of halogens is 1. The predicted molar refractivity (Wildman–Crippen MR) is 147 cm³/mol. The Morgan fingerprint density at radius 3 is 2.72 bits per heavy atom. The van der Waals surface area contributed by atoms with E-state index < -0.39 is 0 Å². The number of fused-ring (bicyclic) bond motifs is 2. The van der Waals surface area contributed by atoms with Gasteiger partial charge in [-0.1, -0.05) is 42.5 Å². The van der Waals surface area contributed by atoms with Crippen LogP contribution >= 0.6 is 12.2 Å². The Morgan fingerprint density at radius 2 is 1.92 bits per heavy atom. The standard InChI is InChI=1S/C29H28FN5S/c1-19-28(32-27-16-22(12-14-34(19)27)29(36)33-13-4-6-24(31)18-33)26-15-21-5-2-3-7-25(21)35(26)17-20-8-10-23(30)11-9-20/h2-3,5,7-12,14-16,24H,4,6,13,17-18,31H2,1H3. The Balaban J connectivity index is 1.42. The van der Waals surface area contributed by atoms with Crippen LogP contribution < -0.4 is 5.73 Å². The van der Waals surface area contributed by atoms with Gasteiger partial charge in [0.05, 0.1) is 5.69 Å². The van der Waals surface area contributed by atoms with Crippen molar-refractivity contribution < 1.29 is 4.39 Å². The van der Waals surface area contributed by atoms with Crippen LogP contribution in [0.25, 0.3) is 27.9 Å². The number of hydrogen-bond acceptors (Lipinski definition) is 3. The van der Waals surface area contributed by atoms with Gasteiger partial charge in [0.2, 0.25) is 0 Å². The lowest BCUT2D eigenvalue weighted by molar-refractivity contribution is 0.314. The summed E-state index contributed by atoms with van der Waals surface area (Å²) in [7, 11) is 0. The first-order valence-electron chi connectivity index (χ1n) is 12.3. The SMILES string of the molecule is Cc1c(-c2cc3ccccc3n2Cc2ccc(F)cc2)nc2cc(C(=S)N3CCCC(N)C3)ccn12. The van der Waals surface area contributed by atoms with Crippen LogP contribution in [-0.2, 0) is 6.54 Å². The number of hydrogen-bond donors (Lipinski definition) is 1. The van der Waals surface area contributed by atoms with Crippen LogP contribution in [0.5, 0.6) is 0 Å². The van der Waals surface area contributed by atoms with Gasteiger partial charge in [0.1, 0.15) is 22.1 Å². The molecule has 4 heterocycles. The Labute approximate surface area is 215 Å². The van der Waals surface area contributed by atoms with Crippen molar-refractivity contribution in [2.24, 2.45) is 5.73 Å². The highest BCUT2D eigenvalue weighted by Gasteiger charge is 2.22. The zero-order valence-corrected chi connectivity index (χ0v) is 21.0. The lowest BCUT2D eigenvalue weighted by Gasteiger charge is -2.32. The molecule has 1 unspecified atom stereocenters. The van der Waals surface area contributed by atoms with Crippen LogP contribution in [0.2, 0.25) is 0 Å². The fourth-order valence-corrected chi connectivity index (χ4v) is 5.56. The molecule has 5 aromatic rings. The molecule has 3 aromatic heterocycles. The largest absolute Gasteiger partial charge is 0.361 e. The molecule has 0 saturated carbocycles. The molecule has 0 aliphatic carbocycles. The maximum Gasteiger partial charge on any atom is 0.138 e. The highest BCUT2D eigenvalue weighted by atomic mass is 32.1. The van der Waals surface area contributed by atoms with Gasteiger partial charge >= 0.3 is 0 Å². The molecule has 5 nitrogen and oxygen atoms in total. The van der Waals surface area contributed by atoms with E-state index in [0.29, 0.717) is 6.54 Å². The van der Waals surface area contributed by atoms with Crippen molar-refractivity contribution in [2.45, 2.75) is 32.4 Å². The maximum atomic E-state index is 13.5. The molecule has 182 valence electrons. The van der Waals surface area contributed by atoms with Gasteiger partial charge in [-0.15, -0.1) is 0 Å². The van der Waals surface area contributed by atoms with Gasteiger partial charge in [-0.25, -0.2) is 9.37 Å². The average Bonchev–Trinajstić information content (AvgIpc) is 3.42. The number of para-hydroxylation sites is 1. The highest BCUT2D eigenvalue weighted by Crippen LogP contribution is 2.31. The van der Waals surface area contributed by atoms with Gasteiger partial charge in [-0.05, 0) is 61.7 Å². The molecule has 2 N–H and O–H groups in total. The van der Waals surface area contributed by atoms with Crippen LogP contribution in [0.15, 0.2) is 72.9 Å². The van der Waals surface area contributed by atoms with Crippen molar-refractivity contribution in [3.05, 3.63) is 95.6 Å². The number of rotatable bonds is 4. The molecule has 1 aliphatic heterocycles. The lowest BCUT2D eigenvalue weighted by atomic mass is 10.1. The first-order chi connectivity index (χ1) is 17.5. The summed E-state index contributed by atoms with van der Waals surface area (Å²) in [5, 5.41) is 1.15. The second kappa shape index (κ2) is 9.15. The van der Waals surface area contributed by atoms with Gasteiger partial charge in [-0.2, -0.15) is 0 Å². The molecule has 0 amide bonds. The molecule has 6 rings (SSSR count). The van der Waals surface area contributed by atoms with Crippen LogP contribution in [0, 0.1) is 12.7 Å². The number of nitrogens with two attached hydrogens (primary N) is 1. The van der Waals surface area contributed by atoms with E-state index in [9.17, 15) is 4.39 Å². The van der Waals surface area contributed by atoms with Crippen molar-refractivity contribution >= 4 is 33.8 Å². The molecule has 0 bridgehead atoms. The van der Waals surface area contributed by atoms with Crippen molar-refractivity contribution in [3.8, 4) is 11.4 Å². The van der Waals surface area contributed by atoms with E-state index in [2.05, 4.69) is 57.3 Å². The van der Waals surface area contributed by atoms with Gasteiger partial charge in [-0.3, -0.25) is 0 Å². The van der Waals surface area contributed by atoms with Crippen LogP contribution in [-0.4, -0.2) is 43.0 Å². The maximum absolute atomic E-state index is 13.5. The van der Waals surface area contributed by atoms with Gasteiger partial charge in [0, 0.05) is 54.0 Å². The predicted octanol–water partition coefficient (Wildman–Crippen LogP) is 5.55. The number of aromatic nitrogens is 3. The number of thiocarbonyl (C=S) groups is 1. The second-order valence-electron chi connectivity index (χ2n) is 9.64. The molecule has 0 spiro atoms. The van der Waals surface area contributed by atoms with Crippen molar-refractivity contribution in [1.82, 2.24) is 18.9 Å². The number of piperidine rings is 1. The number of imidazole rings is 1. The normalized spacial score (nSPS) is 16.2. The zero-order chi connectivity index (χ0) is 24.8.